The number of fused-ring (bicyclic) bond motifs is 1. The molecule has 1 saturated heterocycles. The molecular weight excluding hydrogens is 413 g/mol. The lowest BCUT2D eigenvalue weighted by atomic mass is 10.1. The van der Waals surface area contributed by atoms with Crippen molar-refractivity contribution in [1.82, 2.24) is 19.5 Å². The summed E-state index contributed by atoms with van der Waals surface area (Å²) in [6, 6.07) is 0. The Bertz CT molecular complexity index is 814. The Hall–Kier alpha value is -1.18. The normalized spacial score (nSPS) is 31.0. The summed E-state index contributed by atoms with van der Waals surface area (Å²) in [7, 11) is -4.76. The van der Waals surface area contributed by atoms with E-state index in [1.807, 2.05) is 0 Å². The standard InChI is InChI=1S/C10H13BrN5O7P/c11-10(16-3-15-5-8(12)13-2-14-9(5)16)7(18)6(17)4(23-10)1-22-24(19,20)21/h2-4,6-7,17-18H,1H2,(H2,12,13,14)(H2,19,20,21)/t4-,6-,7-,10+/m1/s1. The van der Waals surface area contributed by atoms with Crippen molar-refractivity contribution in [1.29, 1.82) is 0 Å². The van der Waals surface area contributed by atoms with Crippen LogP contribution in [0.4, 0.5) is 5.82 Å². The number of halogens is 1. The molecule has 12 nitrogen and oxygen atoms in total. The summed E-state index contributed by atoms with van der Waals surface area (Å²) in [5.41, 5.74) is 6.18. The first kappa shape index (κ1) is 17.6. The number of imidazole rings is 1. The quantitative estimate of drug-likeness (QED) is 0.287. The van der Waals surface area contributed by atoms with E-state index in [4.69, 9.17) is 20.3 Å². The second kappa shape index (κ2) is 5.97. The van der Waals surface area contributed by atoms with Gasteiger partial charge in [-0.25, -0.2) is 19.5 Å². The van der Waals surface area contributed by atoms with Crippen molar-refractivity contribution >= 4 is 40.7 Å². The van der Waals surface area contributed by atoms with Crippen LogP contribution in [0.1, 0.15) is 0 Å². The minimum atomic E-state index is -4.76. The predicted octanol–water partition coefficient (Wildman–Crippen LogP) is -1.36. The van der Waals surface area contributed by atoms with Crippen molar-refractivity contribution in [2.24, 2.45) is 0 Å². The fraction of sp³-hybridized carbons (Fsp3) is 0.500. The summed E-state index contributed by atoms with van der Waals surface area (Å²) in [6.45, 7) is -0.639. The maximum atomic E-state index is 10.8. The van der Waals surface area contributed by atoms with Crippen molar-refractivity contribution in [3.63, 3.8) is 0 Å². The number of aliphatic hydroxyl groups excluding tert-OH is 2. The molecule has 2 aromatic rings. The van der Waals surface area contributed by atoms with Gasteiger partial charge in [0, 0.05) is 0 Å². The van der Waals surface area contributed by atoms with Crippen LogP contribution in [0.5, 0.6) is 0 Å². The van der Waals surface area contributed by atoms with Gasteiger partial charge in [-0.2, -0.15) is 0 Å². The van der Waals surface area contributed by atoms with Crippen LogP contribution in [0.25, 0.3) is 11.2 Å². The van der Waals surface area contributed by atoms with Gasteiger partial charge in [-0.3, -0.25) is 9.09 Å². The van der Waals surface area contributed by atoms with Gasteiger partial charge in [0.1, 0.15) is 36.5 Å². The second-order valence-electron chi connectivity index (χ2n) is 5.03. The van der Waals surface area contributed by atoms with Gasteiger partial charge in [0.2, 0.25) is 4.63 Å². The predicted molar refractivity (Wildman–Crippen MR) is 81.5 cm³/mol. The van der Waals surface area contributed by atoms with Crippen LogP contribution in [0, 0.1) is 0 Å². The van der Waals surface area contributed by atoms with Crippen molar-refractivity contribution in [2.75, 3.05) is 12.3 Å². The number of rotatable bonds is 4. The van der Waals surface area contributed by atoms with Crippen molar-refractivity contribution in [3.8, 4) is 0 Å². The third-order valence-corrected chi connectivity index (χ3v) is 5.01. The molecule has 3 rings (SSSR count). The van der Waals surface area contributed by atoms with Gasteiger partial charge in [0.15, 0.2) is 11.5 Å². The van der Waals surface area contributed by atoms with E-state index in [0.29, 0.717) is 0 Å². The first-order chi connectivity index (χ1) is 11.1. The Morgan fingerprint density at radius 1 is 1.42 bits per heavy atom. The minimum absolute atomic E-state index is 0.115. The monoisotopic (exact) mass is 425 g/mol. The average Bonchev–Trinajstić information content (AvgIpc) is 3.02. The Morgan fingerprint density at radius 3 is 2.79 bits per heavy atom. The third kappa shape index (κ3) is 2.93. The van der Waals surface area contributed by atoms with Gasteiger partial charge < -0.3 is 30.5 Å². The van der Waals surface area contributed by atoms with E-state index in [1.54, 1.807) is 0 Å². The van der Waals surface area contributed by atoms with Crippen molar-refractivity contribution in [3.05, 3.63) is 12.7 Å². The molecule has 0 amide bonds. The number of anilines is 1. The molecule has 6 N–H and O–H groups in total. The Labute approximate surface area is 142 Å². The highest BCUT2D eigenvalue weighted by molar-refractivity contribution is 9.09. The molecule has 0 spiro atoms. The van der Waals surface area contributed by atoms with Crippen LogP contribution in [0.3, 0.4) is 0 Å². The number of nitrogens with two attached hydrogens (primary N) is 1. The molecule has 24 heavy (non-hydrogen) atoms. The maximum absolute atomic E-state index is 10.8. The van der Waals surface area contributed by atoms with Crippen LogP contribution in [-0.2, 0) is 18.5 Å². The van der Waals surface area contributed by atoms with E-state index in [1.165, 1.54) is 17.2 Å². The van der Waals surface area contributed by atoms with Crippen molar-refractivity contribution < 1.29 is 33.8 Å². The summed E-state index contributed by atoms with van der Waals surface area (Å²) in [4.78, 5) is 29.3. The van der Waals surface area contributed by atoms with Gasteiger partial charge in [0.05, 0.1) is 6.61 Å². The molecule has 0 bridgehead atoms. The number of nitrogen functional groups attached to an aromatic ring is 1. The molecule has 1 aliphatic heterocycles. The van der Waals surface area contributed by atoms with Crippen LogP contribution in [-0.4, -0.2) is 64.4 Å². The number of phosphoric acid groups is 1. The van der Waals surface area contributed by atoms with Crippen molar-refractivity contribution in [2.45, 2.75) is 22.9 Å². The van der Waals surface area contributed by atoms with Gasteiger partial charge >= 0.3 is 7.82 Å². The zero-order chi connectivity index (χ0) is 17.7. The Morgan fingerprint density at radius 2 is 2.12 bits per heavy atom. The number of hydrogen-bond donors (Lipinski definition) is 5. The number of aliphatic hydroxyl groups is 2. The number of aromatic nitrogens is 4. The molecule has 0 aliphatic carbocycles. The molecule has 0 unspecified atom stereocenters. The fourth-order valence-corrected chi connectivity index (χ4v) is 3.46. The lowest BCUT2D eigenvalue weighted by Crippen LogP contribution is -2.40. The molecule has 132 valence electrons. The topological polar surface area (TPSA) is 186 Å². The van der Waals surface area contributed by atoms with E-state index < -0.39 is 37.4 Å². The van der Waals surface area contributed by atoms with E-state index in [0.717, 1.165) is 0 Å². The molecule has 0 saturated carbocycles. The molecular formula is C10H13BrN5O7P. The molecule has 14 heteroatoms. The van der Waals surface area contributed by atoms with Gasteiger partial charge in [-0.1, -0.05) is 0 Å². The highest BCUT2D eigenvalue weighted by Crippen LogP contribution is 2.44. The molecule has 2 aromatic heterocycles. The lowest BCUT2D eigenvalue weighted by Gasteiger charge is -2.27. The Balaban J connectivity index is 1.94. The summed E-state index contributed by atoms with van der Waals surface area (Å²) in [6.07, 6.45) is -1.77. The number of nitrogens with zero attached hydrogens (tertiary/aromatic N) is 4. The summed E-state index contributed by atoms with van der Waals surface area (Å²) < 4.78 is 20.2. The van der Waals surface area contributed by atoms with E-state index in [2.05, 4.69) is 35.4 Å². The van der Waals surface area contributed by atoms with Gasteiger partial charge in [0.25, 0.3) is 0 Å². The average molecular weight is 426 g/mol. The van der Waals surface area contributed by atoms with E-state index in [9.17, 15) is 14.8 Å². The van der Waals surface area contributed by atoms with Crippen LogP contribution in [0.15, 0.2) is 12.7 Å². The number of hydrogen-bond acceptors (Lipinski definition) is 9. The highest BCUT2D eigenvalue weighted by atomic mass is 79.9. The molecule has 1 aliphatic rings. The lowest BCUT2D eigenvalue weighted by molar-refractivity contribution is -0.0715. The molecule has 3 heterocycles. The smallest absolute Gasteiger partial charge is 0.387 e. The third-order valence-electron chi connectivity index (χ3n) is 3.48. The van der Waals surface area contributed by atoms with Gasteiger partial charge in [-0.15, -0.1) is 0 Å². The van der Waals surface area contributed by atoms with E-state index >= 15 is 0 Å². The van der Waals surface area contributed by atoms with Crippen LogP contribution in [0.2, 0.25) is 0 Å². The van der Waals surface area contributed by atoms with Gasteiger partial charge in [-0.05, 0) is 15.9 Å². The number of alkyl halides is 1. The molecule has 0 radical (unpaired) electrons. The van der Waals surface area contributed by atoms with Crippen LogP contribution < -0.4 is 5.73 Å². The maximum Gasteiger partial charge on any atom is 0.469 e. The highest BCUT2D eigenvalue weighted by Gasteiger charge is 2.55. The fourth-order valence-electron chi connectivity index (χ4n) is 2.34. The SMILES string of the molecule is Nc1ncnc2c1ncn2[C@]1(Br)O[C@H](COP(=O)(O)O)[C@@H](O)[C@H]1O. The minimum Gasteiger partial charge on any atom is -0.387 e. The molecule has 0 aromatic carbocycles. The Kier molecular flexibility index (Phi) is 4.38. The zero-order valence-electron chi connectivity index (χ0n) is 11.8. The summed E-state index contributed by atoms with van der Waals surface area (Å²) in [5, 5.41) is 20.4. The van der Waals surface area contributed by atoms with E-state index in [-0.39, 0.29) is 17.0 Å². The second-order valence-corrected chi connectivity index (χ2v) is 7.41. The number of phosphoric ester groups is 1. The molecule has 1 fully saturated rings. The zero-order valence-corrected chi connectivity index (χ0v) is 14.3. The van der Waals surface area contributed by atoms with Crippen LogP contribution >= 0.6 is 23.8 Å². The number of ether oxygens (including phenoxy) is 1. The first-order valence-electron chi connectivity index (χ1n) is 6.50. The summed E-state index contributed by atoms with van der Waals surface area (Å²) in [5.74, 6) is 0.115. The first-order valence-corrected chi connectivity index (χ1v) is 8.83. The molecule has 4 atom stereocenters. The summed E-state index contributed by atoms with van der Waals surface area (Å²) >= 11 is 3.19. The largest absolute Gasteiger partial charge is 0.469 e.